The zero-order chi connectivity index (χ0) is 18.3. The Morgan fingerprint density at radius 1 is 0.560 bits per heavy atom. The minimum atomic E-state index is 1.18. The van der Waals surface area contributed by atoms with E-state index in [0.29, 0.717) is 0 Å². The van der Waals surface area contributed by atoms with Crippen molar-refractivity contribution in [2.24, 2.45) is 0 Å². The third-order valence-electron chi connectivity index (χ3n) is 5.00. The predicted molar refractivity (Wildman–Crippen MR) is 113 cm³/mol. The Kier molecular flexibility index (Phi) is 12.7. The molecule has 0 radical (unpaired) electrons. The molecule has 2 nitrogen and oxygen atoms in total. The van der Waals surface area contributed by atoms with Crippen molar-refractivity contribution in [2.75, 3.05) is 39.3 Å². The van der Waals surface area contributed by atoms with Gasteiger partial charge in [-0.25, -0.2) is 0 Å². The van der Waals surface area contributed by atoms with Crippen molar-refractivity contribution < 1.29 is 0 Å². The molecule has 0 saturated carbocycles. The van der Waals surface area contributed by atoms with Crippen LogP contribution in [0, 0.1) is 0 Å². The van der Waals surface area contributed by atoms with Crippen LogP contribution in [0.25, 0.3) is 0 Å². The lowest BCUT2D eigenvalue weighted by Crippen LogP contribution is -2.27. The molecular weight excluding hydrogens is 304 g/mol. The van der Waals surface area contributed by atoms with Crippen LogP contribution in [0.5, 0.6) is 0 Å². The van der Waals surface area contributed by atoms with Crippen molar-refractivity contribution in [1.29, 1.82) is 0 Å². The number of benzene rings is 1. The number of nitrogens with zero attached hydrogens (tertiary/aromatic N) is 2. The molecule has 0 aromatic heterocycles. The van der Waals surface area contributed by atoms with E-state index in [9.17, 15) is 0 Å². The zero-order valence-corrected chi connectivity index (χ0v) is 17.4. The maximum Gasteiger partial charge on any atom is 0.00218 e. The molecule has 0 fully saturated rings. The van der Waals surface area contributed by atoms with Gasteiger partial charge in [0, 0.05) is 6.54 Å². The first-order valence-corrected chi connectivity index (χ1v) is 10.8. The quantitative estimate of drug-likeness (QED) is 0.392. The summed E-state index contributed by atoms with van der Waals surface area (Å²) in [4.78, 5) is 5.17. The summed E-state index contributed by atoms with van der Waals surface area (Å²) < 4.78 is 0. The van der Waals surface area contributed by atoms with Gasteiger partial charge in [-0.05, 0) is 88.8 Å². The fraction of sp³-hybridized carbons (Fsp3) is 0.739. The maximum atomic E-state index is 2.60. The SMILES string of the molecule is CCCN(CC)CCCCc1ccc(CCN(CCC)CCC)cc1. The second-order valence-corrected chi connectivity index (χ2v) is 7.30. The molecule has 1 aromatic carbocycles. The van der Waals surface area contributed by atoms with E-state index in [1.165, 1.54) is 95.3 Å². The van der Waals surface area contributed by atoms with Gasteiger partial charge >= 0.3 is 0 Å². The standard InChI is InChI=1S/C23H42N2/c1-5-17-24(8-4)20-10-9-11-22-12-14-23(15-13-22)16-21-25(18-6-2)19-7-3/h12-15H,5-11,16-21H2,1-4H3. The number of rotatable bonds is 15. The van der Waals surface area contributed by atoms with Crippen molar-refractivity contribution in [2.45, 2.75) is 72.6 Å². The predicted octanol–water partition coefficient (Wildman–Crippen LogP) is 5.41. The van der Waals surface area contributed by atoms with Gasteiger partial charge in [-0.2, -0.15) is 0 Å². The van der Waals surface area contributed by atoms with E-state index in [4.69, 9.17) is 0 Å². The van der Waals surface area contributed by atoms with Crippen LogP contribution < -0.4 is 0 Å². The summed E-state index contributed by atoms with van der Waals surface area (Å²) in [5.74, 6) is 0. The zero-order valence-electron chi connectivity index (χ0n) is 17.4. The monoisotopic (exact) mass is 346 g/mol. The summed E-state index contributed by atoms with van der Waals surface area (Å²) in [5.41, 5.74) is 2.99. The van der Waals surface area contributed by atoms with Crippen LogP contribution >= 0.6 is 0 Å². The van der Waals surface area contributed by atoms with Gasteiger partial charge in [0.2, 0.25) is 0 Å². The van der Waals surface area contributed by atoms with Crippen molar-refractivity contribution >= 4 is 0 Å². The molecular formula is C23H42N2. The van der Waals surface area contributed by atoms with Crippen LogP contribution in [0.3, 0.4) is 0 Å². The molecule has 0 N–H and O–H groups in total. The molecule has 1 aromatic rings. The molecule has 25 heavy (non-hydrogen) atoms. The fourth-order valence-electron chi connectivity index (χ4n) is 3.54. The average molecular weight is 347 g/mol. The highest BCUT2D eigenvalue weighted by Gasteiger charge is 2.04. The van der Waals surface area contributed by atoms with Gasteiger partial charge in [-0.15, -0.1) is 0 Å². The third kappa shape index (κ3) is 10.0. The molecule has 0 aliphatic carbocycles. The summed E-state index contributed by atoms with van der Waals surface area (Å²) in [5, 5.41) is 0. The van der Waals surface area contributed by atoms with E-state index in [1.807, 2.05) is 0 Å². The minimum Gasteiger partial charge on any atom is -0.304 e. The van der Waals surface area contributed by atoms with Crippen LogP contribution in [0.15, 0.2) is 24.3 Å². The van der Waals surface area contributed by atoms with Crippen LogP contribution in [0.4, 0.5) is 0 Å². The molecule has 0 amide bonds. The molecule has 0 spiro atoms. The lowest BCUT2D eigenvalue weighted by molar-refractivity contribution is 0.278. The Labute approximate surface area is 157 Å². The highest BCUT2D eigenvalue weighted by molar-refractivity contribution is 5.22. The van der Waals surface area contributed by atoms with E-state index in [2.05, 4.69) is 61.8 Å². The number of aryl methyl sites for hydroxylation is 1. The highest BCUT2D eigenvalue weighted by Crippen LogP contribution is 2.10. The van der Waals surface area contributed by atoms with Gasteiger partial charge in [-0.1, -0.05) is 52.0 Å². The summed E-state index contributed by atoms with van der Waals surface area (Å²) in [6, 6.07) is 9.40. The third-order valence-corrected chi connectivity index (χ3v) is 5.00. The first-order chi connectivity index (χ1) is 12.2. The van der Waals surface area contributed by atoms with Gasteiger partial charge in [0.15, 0.2) is 0 Å². The first-order valence-electron chi connectivity index (χ1n) is 10.8. The topological polar surface area (TPSA) is 6.48 Å². The van der Waals surface area contributed by atoms with E-state index in [1.54, 1.807) is 0 Å². The molecule has 0 aliphatic rings. The van der Waals surface area contributed by atoms with Crippen LogP contribution in [-0.4, -0.2) is 49.1 Å². The van der Waals surface area contributed by atoms with Crippen LogP contribution in [0.1, 0.15) is 70.9 Å². The molecule has 2 heteroatoms. The Hall–Kier alpha value is -0.860. The van der Waals surface area contributed by atoms with Crippen LogP contribution in [0.2, 0.25) is 0 Å². The highest BCUT2D eigenvalue weighted by atomic mass is 15.1. The normalized spacial score (nSPS) is 11.6. The van der Waals surface area contributed by atoms with E-state index in [0.717, 1.165) is 0 Å². The smallest absolute Gasteiger partial charge is 0.00218 e. The van der Waals surface area contributed by atoms with Crippen molar-refractivity contribution in [3.63, 3.8) is 0 Å². The van der Waals surface area contributed by atoms with E-state index >= 15 is 0 Å². The molecule has 0 heterocycles. The van der Waals surface area contributed by atoms with Crippen molar-refractivity contribution in [3.05, 3.63) is 35.4 Å². The molecule has 0 saturated heterocycles. The average Bonchev–Trinajstić information content (AvgIpc) is 2.63. The molecule has 144 valence electrons. The van der Waals surface area contributed by atoms with Crippen molar-refractivity contribution in [1.82, 2.24) is 9.80 Å². The lowest BCUT2D eigenvalue weighted by Gasteiger charge is -2.20. The van der Waals surface area contributed by atoms with Gasteiger partial charge in [0.25, 0.3) is 0 Å². The Morgan fingerprint density at radius 3 is 1.60 bits per heavy atom. The lowest BCUT2D eigenvalue weighted by atomic mass is 10.0. The number of unbranched alkanes of at least 4 members (excludes halogenated alkanes) is 1. The van der Waals surface area contributed by atoms with Gasteiger partial charge in [0.05, 0.1) is 0 Å². The summed E-state index contributed by atoms with van der Waals surface area (Å²) in [6.45, 7) is 16.5. The van der Waals surface area contributed by atoms with E-state index in [-0.39, 0.29) is 0 Å². The van der Waals surface area contributed by atoms with Gasteiger partial charge in [-0.3, -0.25) is 0 Å². The van der Waals surface area contributed by atoms with Gasteiger partial charge < -0.3 is 9.80 Å². The van der Waals surface area contributed by atoms with Gasteiger partial charge in [0.1, 0.15) is 0 Å². The molecule has 0 unspecified atom stereocenters. The summed E-state index contributed by atoms with van der Waals surface area (Å²) in [6.07, 6.45) is 8.81. The second-order valence-electron chi connectivity index (χ2n) is 7.30. The largest absolute Gasteiger partial charge is 0.304 e. The fourth-order valence-corrected chi connectivity index (χ4v) is 3.54. The summed E-state index contributed by atoms with van der Waals surface area (Å²) >= 11 is 0. The molecule has 1 rings (SSSR count). The molecule has 0 aliphatic heterocycles. The summed E-state index contributed by atoms with van der Waals surface area (Å²) in [7, 11) is 0. The number of hydrogen-bond acceptors (Lipinski definition) is 2. The van der Waals surface area contributed by atoms with Crippen molar-refractivity contribution in [3.8, 4) is 0 Å². The van der Waals surface area contributed by atoms with E-state index < -0.39 is 0 Å². The Bertz CT molecular complexity index is 407. The Morgan fingerprint density at radius 2 is 1.08 bits per heavy atom. The minimum absolute atomic E-state index is 1.18. The first kappa shape index (κ1) is 22.2. The second kappa shape index (κ2) is 14.3. The molecule has 0 bridgehead atoms. The maximum absolute atomic E-state index is 2.60. The van der Waals surface area contributed by atoms with Crippen LogP contribution in [-0.2, 0) is 12.8 Å². The Balaban J connectivity index is 2.28. The molecule has 0 atom stereocenters. The number of hydrogen-bond donors (Lipinski definition) is 0.